The van der Waals surface area contributed by atoms with Gasteiger partial charge in [0.05, 0.1) is 5.92 Å². The van der Waals surface area contributed by atoms with E-state index in [1.807, 2.05) is 14.0 Å². The second-order valence-electron chi connectivity index (χ2n) is 5.86. The van der Waals surface area contributed by atoms with E-state index >= 15 is 0 Å². The second-order valence-corrected chi connectivity index (χ2v) is 5.86. The lowest BCUT2D eigenvalue weighted by Gasteiger charge is -2.23. The molecule has 2 heterocycles. The summed E-state index contributed by atoms with van der Waals surface area (Å²) in [6.07, 6.45) is 4.99. The minimum absolute atomic E-state index is 0.0132. The van der Waals surface area contributed by atoms with Crippen molar-refractivity contribution in [2.75, 3.05) is 18.5 Å². The molecule has 1 fully saturated rings. The first-order chi connectivity index (χ1) is 9.16. The fraction of sp³-hybridized carbons (Fsp3) is 0.562. The predicted molar refractivity (Wildman–Crippen MR) is 77.6 cm³/mol. The van der Waals surface area contributed by atoms with Crippen LogP contribution in [0.3, 0.4) is 0 Å². The number of hydrogen-bond acceptors (Lipinski definition) is 2. The topological polar surface area (TPSA) is 32.3 Å². The molecule has 0 aliphatic carbocycles. The maximum absolute atomic E-state index is 12.0. The quantitative estimate of drug-likeness (QED) is 0.883. The maximum atomic E-state index is 12.0. The summed E-state index contributed by atoms with van der Waals surface area (Å²) in [4.78, 5) is 13.8. The van der Waals surface area contributed by atoms with Crippen LogP contribution in [0, 0.1) is 0 Å². The summed E-state index contributed by atoms with van der Waals surface area (Å²) in [6, 6.07) is 7.13. The Morgan fingerprint density at radius 2 is 2.21 bits per heavy atom. The number of anilines is 1. The number of piperidine rings is 1. The van der Waals surface area contributed by atoms with E-state index in [-0.39, 0.29) is 11.8 Å². The van der Waals surface area contributed by atoms with Crippen molar-refractivity contribution in [3.8, 4) is 0 Å². The molecule has 0 spiro atoms. The molecule has 0 radical (unpaired) electrons. The molecule has 2 atom stereocenters. The molecule has 1 amide bonds. The normalized spacial score (nSPS) is 26.6. The van der Waals surface area contributed by atoms with Gasteiger partial charge in [0, 0.05) is 18.8 Å². The average Bonchev–Trinajstić information content (AvgIpc) is 2.65. The molecule has 0 aromatic heterocycles. The van der Waals surface area contributed by atoms with Crippen LogP contribution in [0.25, 0.3) is 0 Å². The number of likely N-dealkylation sites (N-methyl/N-ethyl adjacent to an activating group) is 1. The van der Waals surface area contributed by atoms with Gasteiger partial charge in [-0.05, 0) is 49.9 Å². The van der Waals surface area contributed by atoms with Gasteiger partial charge in [-0.2, -0.15) is 0 Å². The first-order valence-corrected chi connectivity index (χ1v) is 7.30. The molecule has 1 aromatic rings. The van der Waals surface area contributed by atoms with Crippen molar-refractivity contribution in [1.82, 2.24) is 5.32 Å². The SMILES string of the molecule is CC1C(=O)N(C)c2ccc(CC3CCCCN3)cc21. The van der Waals surface area contributed by atoms with Crippen LogP contribution in [0.15, 0.2) is 18.2 Å². The van der Waals surface area contributed by atoms with Crippen molar-refractivity contribution in [3.05, 3.63) is 29.3 Å². The van der Waals surface area contributed by atoms with Crippen molar-refractivity contribution in [3.63, 3.8) is 0 Å². The largest absolute Gasteiger partial charge is 0.315 e. The van der Waals surface area contributed by atoms with E-state index in [1.165, 1.54) is 30.4 Å². The third kappa shape index (κ3) is 2.27. The van der Waals surface area contributed by atoms with E-state index in [2.05, 4.69) is 23.5 Å². The van der Waals surface area contributed by atoms with Gasteiger partial charge in [0.2, 0.25) is 5.91 Å². The number of carbonyl (C=O) groups excluding carboxylic acids is 1. The lowest BCUT2D eigenvalue weighted by molar-refractivity contribution is -0.118. The first-order valence-electron chi connectivity index (χ1n) is 7.30. The summed E-state index contributed by atoms with van der Waals surface area (Å²) in [7, 11) is 1.87. The van der Waals surface area contributed by atoms with E-state index in [1.54, 1.807) is 4.90 Å². The molecule has 1 N–H and O–H groups in total. The Hall–Kier alpha value is -1.35. The van der Waals surface area contributed by atoms with Gasteiger partial charge in [0.1, 0.15) is 0 Å². The third-order valence-electron chi connectivity index (χ3n) is 4.52. The van der Waals surface area contributed by atoms with Crippen molar-refractivity contribution in [2.24, 2.45) is 0 Å². The van der Waals surface area contributed by atoms with E-state index < -0.39 is 0 Å². The minimum Gasteiger partial charge on any atom is -0.315 e. The van der Waals surface area contributed by atoms with Gasteiger partial charge < -0.3 is 10.2 Å². The number of amides is 1. The summed E-state index contributed by atoms with van der Waals surface area (Å²) < 4.78 is 0. The molecular weight excluding hydrogens is 236 g/mol. The smallest absolute Gasteiger partial charge is 0.234 e. The molecule has 3 nitrogen and oxygen atoms in total. The first kappa shape index (κ1) is 12.7. The Kier molecular flexibility index (Phi) is 3.31. The molecule has 2 aliphatic rings. The fourth-order valence-corrected chi connectivity index (χ4v) is 3.31. The van der Waals surface area contributed by atoms with Gasteiger partial charge in [0.15, 0.2) is 0 Å². The standard InChI is InChI=1S/C16H22N2O/c1-11-14-10-12(9-13-5-3-4-8-17-13)6-7-15(14)18(2)16(11)19/h6-7,10-11,13,17H,3-5,8-9H2,1-2H3. The van der Waals surface area contributed by atoms with Crippen molar-refractivity contribution >= 4 is 11.6 Å². The third-order valence-corrected chi connectivity index (χ3v) is 4.52. The molecular formula is C16H22N2O. The number of nitrogens with zero attached hydrogens (tertiary/aromatic N) is 1. The summed E-state index contributed by atoms with van der Waals surface area (Å²) in [5.74, 6) is 0.224. The van der Waals surface area contributed by atoms with E-state index in [9.17, 15) is 4.79 Å². The van der Waals surface area contributed by atoms with Gasteiger partial charge in [-0.3, -0.25) is 4.79 Å². The van der Waals surface area contributed by atoms with E-state index in [0.717, 1.165) is 18.7 Å². The van der Waals surface area contributed by atoms with Gasteiger partial charge in [-0.15, -0.1) is 0 Å². The molecule has 0 saturated carbocycles. The minimum atomic E-state index is 0.0132. The summed E-state index contributed by atoms with van der Waals surface area (Å²) in [5, 5.41) is 3.59. The van der Waals surface area contributed by atoms with E-state index in [4.69, 9.17) is 0 Å². The zero-order valence-corrected chi connectivity index (χ0v) is 11.8. The number of rotatable bonds is 2. The number of fused-ring (bicyclic) bond motifs is 1. The van der Waals surface area contributed by atoms with Crippen LogP contribution in [0.5, 0.6) is 0 Å². The van der Waals surface area contributed by atoms with Crippen molar-refractivity contribution in [1.29, 1.82) is 0 Å². The Bertz CT molecular complexity index is 492. The fourth-order valence-electron chi connectivity index (χ4n) is 3.31. The lowest BCUT2D eigenvalue weighted by atomic mass is 9.94. The molecule has 3 rings (SSSR count). The van der Waals surface area contributed by atoms with Crippen LogP contribution in [0.2, 0.25) is 0 Å². The molecule has 0 bridgehead atoms. The molecule has 19 heavy (non-hydrogen) atoms. The zero-order valence-electron chi connectivity index (χ0n) is 11.8. The van der Waals surface area contributed by atoms with Crippen LogP contribution in [0.1, 0.15) is 43.2 Å². The monoisotopic (exact) mass is 258 g/mol. The number of benzene rings is 1. The highest BCUT2D eigenvalue weighted by molar-refractivity contribution is 6.04. The summed E-state index contributed by atoms with van der Waals surface area (Å²) in [6.45, 7) is 3.15. The zero-order chi connectivity index (χ0) is 13.4. The highest BCUT2D eigenvalue weighted by Gasteiger charge is 2.31. The van der Waals surface area contributed by atoms with Crippen LogP contribution in [-0.2, 0) is 11.2 Å². The van der Waals surface area contributed by atoms with Gasteiger partial charge >= 0.3 is 0 Å². The number of hydrogen-bond donors (Lipinski definition) is 1. The van der Waals surface area contributed by atoms with Crippen LogP contribution >= 0.6 is 0 Å². The maximum Gasteiger partial charge on any atom is 0.234 e. The van der Waals surface area contributed by atoms with Crippen molar-refractivity contribution < 1.29 is 4.79 Å². The number of carbonyl (C=O) groups is 1. The Morgan fingerprint density at radius 1 is 1.37 bits per heavy atom. The van der Waals surface area contributed by atoms with Gasteiger partial charge in [-0.25, -0.2) is 0 Å². The predicted octanol–water partition coefficient (Wildman–Crippen LogP) is 2.45. The van der Waals surface area contributed by atoms with Crippen molar-refractivity contribution in [2.45, 2.75) is 44.6 Å². The Labute approximate surface area is 115 Å². The van der Waals surface area contributed by atoms with Crippen LogP contribution in [0.4, 0.5) is 5.69 Å². The summed E-state index contributed by atoms with van der Waals surface area (Å²) >= 11 is 0. The van der Waals surface area contributed by atoms with Gasteiger partial charge in [-0.1, -0.05) is 18.6 Å². The second kappa shape index (κ2) is 4.97. The average molecular weight is 258 g/mol. The molecule has 2 aliphatic heterocycles. The highest BCUT2D eigenvalue weighted by Crippen LogP contribution is 2.36. The molecule has 3 heteroatoms. The molecule has 1 saturated heterocycles. The molecule has 2 unspecified atom stereocenters. The van der Waals surface area contributed by atoms with Crippen LogP contribution in [-0.4, -0.2) is 25.5 Å². The Balaban J connectivity index is 1.80. The number of nitrogens with one attached hydrogen (secondary N) is 1. The molecule has 102 valence electrons. The van der Waals surface area contributed by atoms with E-state index in [0.29, 0.717) is 6.04 Å². The molecule has 1 aromatic carbocycles. The Morgan fingerprint density at radius 3 is 2.95 bits per heavy atom. The van der Waals surface area contributed by atoms with Gasteiger partial charge in [0.25, 0.3) is 0 Å². The van der Waals surface area contributed by atoms with Crippen LogP contribution < -0.4 is 10.2 Å². The summed E-state index contributed by atoms with van der Waals surface area (Å²) in [5.41, 5.74) is 3.63. The highest BCUT2D eigenvalue weighted by atomic mass is 16.2. The lowest BCUT2D eigenvalue weighted by Crippen LogP contribution is -2.35.